The molecule has 0 bridgehead atoms. The van der Waals surface area contributed by atoms with Crippen LogP contribution >= 0.6 is 0 Å². The van der Waals surface area contributed by atoms with Gasteiger partial charge in [0.1, 0.15) is 0 Å². The lowest BCUT2D eigenvalue weighted by Crippen LogP contribution is -1.78. The third-order valence-electron chi connectivity index (χ3n) is 0.545. The van der Waals surface area contributed by atoms with Crippen molar-refractivity contribution in [1.29, 1.82) is 0 Å². The lowest BCUT2D eigenvalue weighted by atomic mass is 10.4. The fraction of sp³-hybridized carbons (Fsp3) is 0.375. The van der Waals surface area contributed by atoms with E-state index in [0.717, 1.165) is 6.92 Å². The molecule has 0 spiro atoms. The first-order valence-corrected chi connectivity index (χ1v) is 3.23. The zero-order chi connectivity index (χ0) is 9.11. The minimum atomic E-state index is -0.833. The molecule has 0 radical (unpaired) electrons. The normalized spacial score (nSPS) is 9.73. The van der Waals surface area contributed by atoms with Gasteiger partial charge in [0, 0.05) is 6.92 Å². The molecule has 0 aliphatic heterocycles. The van der Waals surface area contributed by atoms with Crippen LogP contribution in [0.4, 0.5) is 0 Å². The van der Waals surface area contributed by atoms with Gasteiger partial charge in [-0.3, -0.25) is 4.79 Å². The Morgan fingerprint density at radius 2 is 1.91 bits per heavy atom. The first-order chi connectivity index (χ1) is 5.15. The van der Waals surface area contributed by atoms with Crippen LogP contribution in [0.5, 0.6) is 0 Å². The maximum Gasteiger partial charge on any atom is 0.300 e. The molecule has 0 fully saturated rings. The largest absolute Gasteiger partial charge is 0.481 e. The average molecular weight is 158 g/mol. The van der Waals surface area contributed by atoms with E-state index in [9.17, 15) is 0 Å². The van der Waals surface area contributed by atoms with Gasteiger partial charge in [0.15, 0.2) is 0 Å². The van der Waals surface area contributed by atoms with Crippen molar-refractivity contribution in [2.45, 2.75) is 13.8 Å². The fourth-order valence-corrected chi connectivity index (χ4v) is 0.251. The van der Waals surface area contributed by atoms with Gasteiger partial charge < -0.3 is 10.2 Å². The minimum absolute atomic E-state index is 0.129. The van der Waals surface area contributed by atoms with E-state index in [0.29, 0.717) is 0 Å². The second-order valence-electron chi connectivity index (χ2n) is 1.66. The Hall–Kier alpha value is -1.09. The maximum atomic E-state index is 9.00. The Balaban J connectivity index is 0. The minimum Gasteiger partial charge on any atom is -0.481 e. The van der Waals surface area contributed by atoms with E-state index in [2.05, 4.69) is 0 Å². The number of hydrogen-bond donors (Lipinski definition) is 2. The molecule has 64 valence electrons. The van der Waals surface area contributed by atoms with E-state index >= 15 is 0 Å². The Labute approximate surface area is 66.7 Å². The van der Waals surface area contributed by atoms with Gasteiger partial charge in [-0.2, -0.15) is 0 Å². The van der Waals surface area contributed by atoms with E-state index in [1.165, 1.54) is 0 Å². The monoisotopic (exact) mass is 158 g/mol. The molecule has 0 aromatic carbocycles. The van der Waals surface area contributed by atoms with Crippen LogP contribution in [-0.2, 0) is 4.79 Å². The summed E-state index contributed by atoms with van der Waals surface area (Å²) in [6, 6.07) is 0. The van der Waals surface area contributed by atoms with Crippen molar-refractivity contribution in [3.63, 3.8) is 0 Å². The highest BCUT2D eigenvalue weighted by molar-refractivity contribution is 5.62. The second-order valence-corrected chi connectivity index (χ2v) is 1.66. The zero-order valence-corrected chi connectivity index (χ0v) is 6.82. The van der Waals surface area contributed by atoms with Gasteiger partial charge >= 0.3 is 0 Å². The number of carboxylic acids is 1. The summed E-state index contributed by atoms with van der Waals surface area (Å²) in [4.78, 5) is 9.00. The third kappa shape index (κ3) is 50.2. The van der Waals surface area contributed by atoms with E-state index in [-0.39, 0.29) is 6.61 Å². The van der Waals surface area contributed by atoms with Crippen molar-refractivity contribution in [2.75, 3.05) is 6.61 Å². The molecule has 0 saturated carbocycles. The summed E-state index contributed by atoms with van der Waals surface area (Å²) in [5.41, 5.74) is 0. The topological polar surface area (TPSA) is 57.5 Å². The first-order valence-electron chi connectivity index (χ1n) is 3.23. The van der Waals surface area contributed by atoms with Gasteiger partial charge in [-0.05, 0) is 6.92 Å². The summed E-state index contributed by atoms with van der Waals surface area (Å²) >= 11 is 0. The van der Waals surface area contributed by atoms with Crippen molar-refractivity contribution < 1.29 is 15.0 Å². The average Bonchev–Trinajstić information content (AvgIpc) is 1.88. The summed E-state index contributed by atoms with van der Waals surface area (Å²) in [5.74, 6) is -0.833. The van der Waals surface area contributed by atoms with Crippen LogP contribution in [0.3, 0.4) is 0 Å². The van der Waals surface area contributed by atoms with Crippen LogP contribution in [0.15, 0.2) is 24.3 Å². The Morgan fingerprint density at radius 3 is 2.18 bits per heavy atom. The molecule has 0 heterocycles. The molecule has 0 amide bonds. The standard InChI is InChI=1S/C6H10O.C2H4O2/c1-2-3-4-5-6-7;1-2(3)4/h2-5,7H,6H2,1H3;1H3,(H,3,4). The lowest BCUT2D eigenvalue weighted by Gasteiger charge is -1.70. The number of aliphatic hydroxyl groups is 1. The van der Waals surface area contributed by atoms with Crippen LogP contribution in [-0.4, -0.2) is 22.8 Å². The van der Waals surface area contributed by atoms with Gasteiger partial charge in [-0.1, -0.05) is 24.3 Å². The number of carbonyl (C=O) groups is 1. The lowest BCUT2D eigenvalue weighted by molar-refractivity contribution is -0.134. The van der Waals surface area contributed by atoms with Crippen LogP contribution in [0.1, 0.15) is 13.8 Å². The fourth-order valence-electron chi connectivity index (χ4n) is 0.251. The molecular formula is C8H14O3. The van der Waals surface area contributed by atoms with Gasteiger partial charge in [-0.25, -0.2) is 0 Å². The summed E-state index contributed by atoms with van der Waals surface area (Å²) in [5, 5.41) is 15.6. The molecule has 0 unspecified atom stereocenters. The molecule has 11 heavy (non-hydrogen) atoms. The Bertz CT molecular complexity index is 132. The number of rotatable bonds is 2. The van der Waals surface area contributed by atoms with Crippen LogP contribution in [0.2, 0.25) is 0 Å². The highest BCUT2D eigenvalue weighted by Crippen LogP contribution is 1.72. The molecule has 0 aliphatic rings. The number of allylic oxidation sites excluding steroid dienone is 3. The molecular weight excluding hydrogens is 144 g/mol. The van der Waals surface area contributed by atoms with Crippen molar-refractivity contribution in [2.24, 2.45) is 0 Å². The Morgan fingerprint density at radius 1 is 1.45 bits per heavy atom. The molecule has 0 aromatic rings. The van der Waals surface area contributed by atoms with E-state index in [1.54, 1.807) is 12.2 Å². The summed E-state index contributed by atoms with van der Waals surface area (Å²) < 4.78 is 0. The summed E-state index contributed by atoms with van der Waals surface area (Å²) in [6.45, 7) is 3.14. The summed E-state index contributed by atoms with van der Waals surface area (Å²) in [7, 11) is 0. The number of aliphatic hydroxyl groups excluding tert-OH is 1. The Kier molecular flexibility index (Phi) is 13.3. The molecule has 2 N–H and O–H groups in total. The summed E-state index contributed by atoms with van der Waals surface area (Å²) in [6.07, 6.45) is 7.27. The van der Waals surface area contributed by atoms with Crippen molar-refractivity contribution in [3.8, 4) is 0 Å². The molecule has 3 nitrogen and oxygen atoms in total. The second kappa shape index (κ2) is 11.7. The molecule has 0 rings (SSSR count). The van der Waals surface area contributed by atoms with Crippen LogP contribution in [0.25, 0.3) is 0 Å². The third-order valence-corrected chi connectivity index (χ3v) is 0.545. The van der Waals surface area contributed by atoms with E-state index < -0.39 is 5.97 Å². The van der Waals surface area contributed by atoms with Crippen molar-refractivity contribution in [1.82, 2.24) is 0 Å². The molecule has 0 aliphatic carbocycles. The van der Waals surface area contributed by atoms with Crippen molar-refractivity contribution in [3.05, 3.63) is 24.3 Å². The quantitative estimate of drug-likeness (QED) is 0.594. The molecule has 3 heteroatoms. The van der Waals surface area contributed by atoms with Crippen LogP contribution in [0, 0.1) is 0 Å². The van der Waals surface area contributed by atoms with Crippen LogP contribution < -0.4 is 0 Å². The maximum absolute atomic E-state index is 9.00. The number of aliphatic carboxylic acids is 1. The highest BCUT2D eigenvalue weighted by atomic mass is 16.4. The zero-order valence-electron chi connectivity index (χ0n) is 6.82. The van der Waals surface area contributed by atoms with Gasteiger partial charge in [-0.15, -0.1) is 0 Å². The number of hydrogen-bond acceptors (Lipinski definition) is 2. The van der Waals surface area contributed by atoms with Gasteiger partial charge in [0.05, 0.1) is 6.61 Å². The molecule has 0 atom stereocenters. The predicted octanol–water partition coefficient (Wildman–Crippen LogP) is 1.20. The SMILES string of the molecule is CC(=O)O.CC=CC=CCO. The predicted molar refractivity (Wildman–Crippen MR) is 44.3 cm³/mol. The first kappa shape index (κ1) is 12.6. The van der Waals surface area contributed by atoms with E-state index in [4.69, 9.17) is 15.0 Å². The van der Waals surface area contributed by atoms with Gasteiger partial charge in [0.2, 0.25) is 0 Å². The van der Waals surface area contributed by atoms with Crippen molar-refractivity contribution >= 4 is 5.97 Å². The van der Waals surface area contributed by atoms with E-state index in [1.807, 2.05) is 19.1 Å². The molecule has 0 aromatic heterocycles. The highest BCUT2D eigenvalue weighted by Gasteiger charge is 1.65. The number of carboxylic acid groups (broad SMARTS) is 1. The molecule has 0 saturated heterocycles. The smallest absolute Gasteiger partial charge is 0.300 e. The van der Waals surface area contributed by atoms with Gasteiger partial charge in [0.25, 0.3) is 5.97 Å².